The number of aliphatic hydroxyl groups excluding tert-OH is 1. The van der Waals surface area contributed by atoms with Gasteiger partial charge in [-0.1, -0.05) is 47.6 Å². The number of benzene rings is 1. The zero-order valence-electron chi connectivity index (χ0n) is 24.7. The van der Waals surface area contributed by atoms with Crippen LogP contribution in [0.3, 0.4) is 0 Å². The number of hydrogen-bond donors (Lipinski definition) is 1. The molecule has 2 aliphatic rings. The normalized spacial score (nSPS) is 19.0. The number of aliphatic hydroxyl groups is 1. The largest absolute Gasteiger partial charge is 0.471 e. The summed E-state index contributed by atoms with van der Waals surface area (Å²) in [4.78, 5) is 28.0. The molecule has 1 N–H and O–H groups in total. The van der Waals surface area contributed by atoms with E-state index < -0.39 is 53.3 Å². The van der Waals surface area contributed by atoms with Crippen molar-refractivity contribution < 1.29 is 42.0 Å². The first-order valence-electron chi connectivity index (χ1n) is 13.8. The number of hydrogen-bond acceptors (Lipinski definition) is 8. The predicted molar refractivity (Wildman–Crippen MR) is 153 cm³/mol. The summed E-state index contributed by atoms with van der Waals surface area (Å²) in [6.45, 7) is 11.3. The second-order valence-corrected chi connectivity index (χ2v) is 17.1. The van der Waals surface area contributed by atoms with Crippen molar-refractivity contribution >= 4 is 30.4 Å². The molecule has 1 fully saturated rings. The van der Waals surface area contributed by atoms with Crippen molar-refractivity contribution in [3.63, 3.8) is 0 Å². The molecule has 0 aliphatic carbocycles. The lowest BCUT2D eigenvalue weighted by atomic mass is 9.97. The van der Waals surface area contributed by atoms with Crippen LogP contribution in [0.2, 0.25) is 0 Å². The minimum atomic E-state index is -3.02. The highest BCUT2D eigenvalue weighted by Crippen LogP contribution is 2.67. The van der Waals surface area contributed by atoms with Gasteiger partial charge in [-0.15, -0.1) is 0 Å². The van der Waals surface area contributed by atoms with E-state index in [0.717, 1.165) is 17.0 Å². The first-order chi connectivity index (χ1) is 19.5. The van der Waals surface area contributed by atoms with E-state index in [1.807, 2.05) is 41.5 Å². The van der Waals surface area contributed by atoms with Gasteiger partial charge in [-0.3, -0.25) is 9.69 Å². The molecule has 2 aromatic rings. The van der Waals surface area contributed by atoms with Crippen LogP contribution in [0.1, 0.15) is 53.5 Å². The first-order valence-corrected chi connectivity index (χ1v) is 15.7. The van der Waals surface area contributed by atoms with Crippen LogP contribution in [-0.2, 0) is 14.1 Å². The van der Waals surface area contributed by atoms with Crippen molar-refractivity contribution in [1.29, 1.82) is 0 Å². The minimum Gasteiger partial charge on any atom is -0.471 e. The van der Waals surface area contributed by atoms with Gasteiger partial charge in [-0.25, -0.2) is 13.6 Å². The lowest BCUT2D eigenvalue weighted by molar-refractivity contribution is -0.138. The van der Waals surface area contributed by atoms with Gasteiger partial charge in [0, 0.05) is 41.2 Å². The summed E-state index contributed by atoms with van der Waals surface area (Å²) >= 11 is 0. The summed E-state index contributed by atoms with van der Waals surface area (Å²) < 4.78 is 59.7. The maximum atomic E-state index is 15.2. The number of rotatable bonds is 8. The van der Waals surface area contributed by atoms with Crippen LogP contribution in [0.5, 0.6) is 5.88 Å². The fourth-order valence-electron chi connectivity index (χ4n) is 5.48. The summed E-state index contributed by atoms with van der Waals surface area (Å²) in [5, 5.41) is 13.2. The number of ether oxygens (including phenoxy) is 2. The molecule has 0 bridgehead atoms. The van der Waals surface area contributed by atoms with E-state index in [1.54, 1.807) is 6.08 Å². The summed E-state index contributed by atoms with van der Waals surface area (Å²) in [6.07, 6.45) is -0.0251. The molecule has 1 saturated heterocycles. The molecule has 230 valence electrons. The van der Waals surface area contributed by atoms with Gasteiger partial charge in [-0.2, -0.15) is 0 Å². The van der Waals surface area contributed by atoms with E-state index >= 15 is 8.78 Å². The molecular weight excluding hydrogens is 571 g/mol. The van der Waals surface area contributed by atoms with E-state index in [9.17, 15) is 19.3 Å². The highest BCUT2D eigenvalue weighted by atomic mass is 31.2. The Kier molecular flexibility index (Phi) is 8.90. The zero-order chi connectivity index (χ0) is 31.0. The second-order valence-electron chi connectivity index (χ2n) is 12.6. The highest BCUT2D eigenvalue weighted by molar-refractivity contribution is 7.67. The van der Waals surface area contributed by atoms with Crippen LogP contribution in [0.25, 0.3) is 5.57 Å². The van der Waals surface area contributed by atoms with Crippen LogP contribution >= 0.6 is 7.14 Å². The van der Waals surface area contributed by atoms with E-state index in [1.165, 1.54) is 17.2 Å². The van der Waals surface area contributed by atoms with Crippen molar-refractivity contribution in [2.24, 2.45) is 0 Å². The molecule has 0 radical (unpaired) electrons. The highest BCUT2D eigenvalue weighted by Gasteiger charge is 2.48. The predicted octanol–water partition coefficient (Wildman–Crippen LogP) is 5.29. The number of cyclic esters (lactones) is 1. The fraction of sp³-hybridized carbons (Fsp3) is 0.552. The molecular formula is C29H38F2N3O7P. The molecule has 13 heteroatoms. The van der Waals surface area contributed by atoms with Crippen LogP contribution in [0, 0.1) is 11.6 Å². The molecule has 2 atom stereocenters. The summed E-state index contributed by atoms with van der Waals surface area (Å²) in [7, 11) is -3.02. The number of carbonyl (C=O) groups excluding carboxylic acids is 2. The van der Waals surface area contributed by atoms with Gasteiger partial charge in [0.1, 0.15) is 37.8 Å². The van der Waals surface area contributed by atoms with Crippen LogP contribution in [0.4, 0.5) is 19.3 Å². The third-order valence-corrected chi connectivity index (χ3v) is 13.0. The van der Waals surface area contributed by atoms with E-state index in [-0.39, 0.29) is 56.0 Å². The first kappa shape index (κ1) is 31.7. The maximum absolute atomic E-state index is 15.2. The molecule has 0 unspecified atom stereocenters. The second kappa shape index (κ2) is 11.8. The molecule has 4 rings (SSSR count). The Balaban J connectivity index is 1.42. The van der Waals surface area contributed by atoms with Gasteiger partial charge in [0.25, 0.3) is 11.8 Å². The molecule has 2 aliphatic heterocycles. The quantitative estimate of drug-likeness (QED) is 0.401. The van der Waals surface area contributed by atoms with E-state index in [4.69, 9.17) is 9.47 Å². The van der Waals surface area contributed by atoms with Crippen molar-refractivity contribution in [2.45, 2.75) is 70.5 Å². The number of carbonyl (C=O) groups is 2. The van der Waals surface area contributed by atoms with Gasteiger partial charge in [-0.05, 0) is 29.3 Å². The lowest BCUT2D eigenvalue weighted by Crippen LogP contribution is -2.45. The molecule has 1 aromatic heterocycles. The van der Waals surface area contributed by atoms with Crippen LogP contribution in [-0.4, -0.2) is 82.1 Å². The molecule has 0 saturated carbocycles. The minimum absolute atomic E-state index is 0.00106. The standard InChI is InChI=1S/C29H38F2N3O7P/c1-28(2,3)42(38,29(4,5)6)17-23(35)26(36)33-10-7-18(8-11-33)25-21(30)13-19(14-22(25)31)34-15-20(41-27(34)37)16-39-24-9-12-40-32-24/h7,9,12-14,20,23,35H,8,10-11,15-17H2,1-6H3/t20-,23-/m1/s1. The maximum Gasteiger partial charge on any atom is 0.414 e. The monoisotopic (exact) mass is 609 g/mol. The number of amides is 2. The van der Waals surface area contributed by atoms with Crippen molar-refractivity contribution in [3.05, 3.63) is 47.7 Å². The van der Waals surface area contributed by atoms with Gasteiger partial charge >= 0.3 is 6.09 Å². The zero-order valence-corrected chi connectivity index (χ0v) is 25.6. The van der Waals surface area contributed by atoms with Gasteiger partial charge in [0.2, 0.25) is 0 Å². The molecule has 2 amide bonds. The SMILES string of the molecule is CC(C)(C)P(=O)(C[C@@H](O)C(=O)N1CC=C(c2c(F)cc(N3C[C@H](COc4ccon4)OC3=O)cc2F)CC1)C(C)(C)C. The Labute approximate surface area is 244 Å². The Morgan fingerprint density at radius 1 is 1.19 bits per heavy atom. The lowest BCUT2D eigenvalue weighted by Gasteiger charge is -2.42. The van der Waals surface area contributed by atoms with Gasteiger partial charge in [0.05, 0.1) is 12.2 Å². The van der Waals surface area contributed by atoms with E-state index in [0.29, 0.717) is 5.57 Å². The van der Waals surface area contributed by atoms with Crippen LogP contribution < -0.4 is 9.64 Å². The number of aromatic nitrogens is 1. The smallest absolute Gasteiger partial charge is 0.414 e. The fourth-order valence-corrected chi connectivity index (χ4v) is 9.23. The summed E-state index contributed by atoms with van der Waals surface area (Å²) in [6, 6.07) is 3.63. The summed E-state index contributed by atoms with van der Waals surface area (Å²) in [5.74, 6) is -2.06. The van der Waals surface area contributed by atoms with Crippen molar-refractivity contribution in [3.8, 4) is 5.88 Å². The topological polar surface area (TPSA) is 122 Å². The van der Waals surface area contributed by atoms with Gasteiger partial charge in [0.15, 0.2) is 6.10 Å². The Morgan fingerprint density at radius 2 is 1.83 bits per heavy atom. The van der Waals surface area contributed by atoms with Crippen molar-refractivity contribution in [1.82, 2.24) is 10.1 Å². The Bertz CT molecular complexity index is 1360. The average molecular weight is 610 g/mol. The van der Waals surface area contributed by atoms with E-state index in [2.05, 4.69) is 9.68 Å². The molecule has 10 nitrogen and oxygen atoms in total. The third-order valence-electron chi connectivity index (χ3n) is 7.77. The summed E-state index contributed by atoms with van der Waals surface area (Å²) in [5.41, 5.74) is 0.129. The number of nitrogens with zero attached hydrogens (tertiary/aromatic N) is 3. The van der Waals surface area contributed by atoms with Gasteiger partial charge < -0.3 is 28.6 Å². The Morgan fingerprint density at radius 3 is 2.36 bits per heavy atom. The molecule has 3 heterocycles. The number of anilines is 1. The average Bonchev–Trinajstić information content (AvgIpc) is 3.55. The molecule has 42 heavy (non-hydrogen) atoms. The third kappa shape index (κ3) is 6.39. The van der Waals surface area contributed by atoms with Crippen LogP contribution in [0.15, 0.2) is 35.1 Å². The van der Waals surface area contributed by atoms with Crippen molar-refractivity contribution in [2.75, 3.05) is 37.3 Å². The number of halogens is 2. The molecule has 0 spiro atoms. The Hall–Kier alpha value is -3.24. The molecule has 1 aromatic carbocycles.